The van der Waals surface area contributed by atoms with E-state index in [2.05, 4.69) is 48.5 Å². The fraction of sp³-hybridized carbons (Fsp3) is 1.00. The number of hydrogen-bond acceptors (Lipinski definition) is 0. The SMILES string of the molecule is CC1CCC(CCC(C)(C)C)CC1C(C)(C)C. The van der Waals surface area contributed by atoms with Crippen LogP contribution in [0.1, 0.15) is 80.6 Å². The molecule has 3 atom stereocenters. The summed E-state index contributed by atoms with van der Waals surface area (Å²) in [4.78, 5) is 0. The average Bonchev–Trinajstić information content (AvgIpc) is 2.13. The maximum atomic E-state index is 2.47. The molecule has 0 heterocycles. The minimum absolute atomic E-state index is 0.500. The van der Waals surface area contributed by atoms with Crippen molar-refractivity contribution in [2.45, 2.75) is 80.6 Å². The van der Waals surface area contributed by atoms with Gasteiger partial charge in [0.05, 0.1) is 0 Å². The van der Waals surface area contributed by atoms with Crippen LogP contribution in [0.3, 0.4) is 0 Å². The summed E-state index contributed by atoms with van der Waals surface area (Å²) in [6.45, 7) is 16.9. The van der Waals surface area contributed by atoms with Crippen LogP contribution in [0, 0.1) is 28.6 Å². The second-order valence-corrected chi connectivity index (χ2v) is 8.73. The van der Waals surface area contributed by atoms with E-state index < -0.39 is 0 Å². The van der Waals surface area contributed by atoms with Gasteiger partial charge in [-0.3, -0.25) is 0 Å². The van der Waals surface area contributed by atoms with E-state index in [0.29, 0.717) is 10.8 Å². The van der Waals surface area contributed by atoms with E-state index in [1.54, 1.807) is 0 Å². The fourth-order valence-electron chi connectivity index (χ4n) is 3.52. The van der Waals surface area contributed by atoms with Crippen molar-refractivity contribution in [1.82, 2.24) is 0 Å². The molecule has 1 saturated carbocycles. The first-order valence-electron chi connectivity index (χ1n) is 7.59. The molecule has 0 aromatic heterocycles. The Labute approximate surface area is 110 Å². The molecule has 0 bridgehead atoms. The van der Waals surface area contributed by atoms with Gasteiger partial charge in [-0.15, -0.1) is 0 Å². The summed E-state index contributed by atoms with van der Waals surface area (Å²) in [5.74, 6) is 2.86. The zero-order valence-electron chi connectivity index (χ0n) is 13.3. The van der Waals surface area contributed by atoms with Gasteiger partial charge in [0.1, 0.15) is 0 Å². The molecule has 0 aromatic carbocycles. The largest absolute Gasteiger partial charge is 0.0622 e. The molecule has 0 radical (unpaired) electrons. The van der Waals surface area contributed by atoms with Gasteiger partial charge in [0.2, 0.25) is 0 Å². The van der Waals surface area contributed by atoms with Gasteiger partial charge in [-0.2, -0.15) is 0 Å². The summed E-state index contributed by atoms with van der Waals surface area (Å²) in [5.41, 5.74) is 1.01. The summed E-state index contributed by atoms with van der Waals surface area (Å²) in [7, 11) is 0. The lowest BCUT2D eigenvalue weighted by Gasteiger charge is -2.42. The van der Waals surface area contributed by atoms with Crippen LogP contribution in [-0.2, 0) is 0 Å². The number of rotatable bonds is 2. The van der Waals surface area contributed by atoms with E-state index >= 15 is 0 Å². The van der Waals surface area contributed by atoms with Crippen molar-refractivity contribution >= 4 is 0 Å². The monoisotopic (exact) mass is 238 g/mol. The van der Waals surface area contributed by atoms with Gasteiger partial charge in [-0.05, 0) is 47.8 Å². The van der Waals surface area contributed by atoms with Crippen LogP contribution in [0.2, 0.25) is 0 Å². The van der Waals surface area contributed by atoms with Crippen LogP contribution in [0.25, 0.3) is 0 Å². The van der Waals surface area contributed by atoms with E-state index in [1.165, 1.54) is 32.1 Å². The highest BCUT2D eigenvalue weighted by Gasteiger charge is 2.35. The Kier molecular flexibility index (Phi) is 4.72. The standard InChI is InChI=1S/C17H34/c1-13-8-9-14(10-11-16(2,3)4)12-15(13)17(5,6)7/h13-15H,8-12H2,1-7H3. The summed E-state index contributed by atoms with van der Waals surface area (Å²) in [6.07, 6.45) is 7.24. The molecule has 0 heteroatoms. The van der Waals surface area contributed by atoms with Crippen molar-refractivity contribution in [3.63, 3.8) is 0 Å². The van der Waals surface area contributed by atoms with Crippen molar-refractivity contribution in [3.05, 3.63) is 0 Å². The van der Waals surface area contributed by atoms with Gasteiger partial charge < -0.3 is 0 Å². The topological polar surface area (TPSA) is 0 Å². The Morgan fingerprint density at radius 3 is 2.00 bits per heavy atom. The lowest BCUT2D eigenvalue weighted by atomic mass is 9.63. The molecule has 1 aliphatic carbocycles. The Morgan fingerprint density at radius 1 is 0.941 bits per heavy atom. The summed E-state index contributed by atoms with van der Waals surface area (Å²) >= 11 is 0. The average molecular weight is 238 g/mol. The van der Waals surface area contributed by atoms with Gasteiger partial charge >= 0.3 is 0 Å². The molecular weight excluding hydrogens is 204 g/mol. The second kappa shape index (κ2) is 5.33. The lowest BCUT2D eigenvalue weighted by Crippen LogP contribution is -2.33. The van der Waals surface area contributed by atoms with Crippen LogP contribution in [0.4, 0.5) is 0 Å². The summed E-state index contributed by atoms with van der Waals surface area (Å²) in [5, 5.41) is 0. The highest BCUT2D eigenvalue weighted by atomic mass is 14.4. The normalized spacial score (nSPS) is 31.6. The Bertz CT molecular complexity index is 225. The molecule has 0 amide bonds. The van der Waals surface area contributed by atoms with Crippen molar-refractivity contribution in [1.29, 1.82) is 0 Å². The number of hydrogen-bond donors (Lipinski definition) is 0. The van der Waals surface area contributed by atoms with Crippen molar-refractivity contribution in [2.75, 3.05) is 0 Å². The van der Waals surface area contributed by atoms with Gasteiger partial charge in [0, 0.05) is 0 Å². The molecule has 17 heavy (non-hydrogen) atoms. The molecule has 3 unspecified atom stereocenters. The van der Waals surface area contributed by atoms with Gasteiger partial charge in [0.15, 0.2) is 0 Å². The highest BCUT2D eigenvalue weighted by Crippen LogP contribution is 2.45. The molecular formula is C17H34. The Morgan fingerprint density at radius 2 is 1.53 bits per heavy atom. The third-order valence-corrected chi connectivity index (χ3v) is 4.72. The molecule has 0 aromatic rings. The zero-order valence-corrected chi connectivity index (χ0v) is 13.3. The van der Waals surface area contributed by atoms with Crippen LogP contribution in [0.5, 0.6) is 0 Å². The van der Waals surface area contributed by atoms with Crippen molar-refractivity contribution in [2.24, 2.45) is 28.6 Å². The third kappa shape index (κ3) is 5.02. The zero-order chi connectivity index (χ0) is 13.3. The third-order valence-electron chi connectivity index (χ3n) is 4.72. The van der Waals surface area contributed by atoms with Crippen molar-refractivity contribution in [3.8, 4) is 0 Å². The maximum Gasteiger partial charge on any atom is -0.0337 e. The predicted octanol–water partition coefficient (Wildman–Crippen LogP) is 5.91. The second-order valence-electron chi connectivity index (χ2n) is 8.73. The van der Waals surface area contributed by atoms with E-state index in [9.17, 15) is 0 Å². The molecule has 102 valence electrons. The molecule has 1 aliphatic rings. The predicted molar refractivity (Wildman–Crippen MR) is 78.1 cm³/mol. The Balaban J connectivity index is 2.50. The molecule has 0 saturated heterocycles. The van der Waals surface area contributed by atoms with E-state index in [1.807, 2.05) is 0 Å². The maximum absolute atomic E-state index is 2.47. The molecule has 1 rings (SSSR count). The smallest absolute Gasteiger partial charge is 0.0337 e. The van der Waals surface area contributed by atoms with Crippen LogP contribution >= 0.6 is 0 Å². The first-order valence-corrected chi connectivity index (χ1v) is 7.59. The molecule has 0 spiro atoms. The Hall–Kier alpha value is 0. The van der Waals surface area contributed by atoms with Gasteiger partial charge in [-0.1, -0.05) is 61.3 Å². The van der Waals surface area contributed by atoms with Crippen molar-refractivity contribution < 1.29 is 0 Å². The summed E-state index contributed by atoms with van der Waals surface area (Å²) < 4.78 is 0. The minimum Gasteiger partial charge on any atom is -0.0622 e. The molecule has 0 aliphatic heterocycles. The van der Waals surface area contributed by atoms with Crippen LogP contribution in [0.15, 0.2) is 0 Å². The molecule has 0 N–H and O–H groups in total. The van der Waals surface area contributed by atoms with Crippen LogP contribution < -0.4 is 0 Å². The van der Waals surface area contributed by atoms with E-state index in [-0.39, 0.29) is 0 Å². The quantitative estimate of drug-likeness (QED) is 0.561. The first-order chi connectivity index (χ1) is 7.59. The van der Waals surface area contributed by atoms with E-state index in [0.717, 1.165) is 17.8 Å². The van der Waals surface area contributed by atoms with E-state index in [4.69, 9.17) is 0 Å². The highest BCUT2D eigenvalue weighted by molar-refractivity contribution is 4.85. The van der Waals surface area contributed by atoms with Gasteiger partial charge in [0.25, 0.3) is 0 Å². The van der Waals surface area contributed by atoms with Gasteiger partial charge in [-0.25, -0.2) is 0 Å². The molecule has 1 fully saturated rings. The minimum atomic E-state index is 0.500. The fourth-order valence-corrected chi connectivity index (χ4v) is 3.52. The van der Waals surface area contributed by atoms with Crippen LogP contribution in [-0.4, -0.2) is 0 Å². The molecule has 0 nitrogen and oxygen atoms in total. The lowest BCUT2D eigenvalue weighted by molar-refractivity contribution is 0.0786. The summed E-state index contributed by atoms with van der Waals surface area (Å²) in [6, 6.07) is 0. The first kappa shape index (κ1) is 15.1.